The maximum Gasteiger partial charge on any atom is 0.191 e. The lowest BCUT2D eigenvalue weighted by atomic mass is 10.1. The second kappa shape index (κ2) is 7.18. The molecule has 0 bridgehead atoms. The van der Waals surface area contributed by atoms with E-state index in [9.17, 15) is 5.11 Å². The number of aliphatic imine (C=N–C) groups is 1. The van der Waals surface area contributed by atoms with Gasteiger partial charge in [-0.25, -0.2) is 4.99 Å². The van der Waals surface area contributed by atoms with Crippen LogP contribution in [0.25, 0.3) is 0 Å². The van der Waals surface area contributed by atoms with E-state index in [4.69, 9.17) is 0 Å². The van der Waals surface area contributed by atoms with Gasteiger partial charge in [0.15, 0.2) is 5.96 Å². The minimum atomic E-state index is -0.926. The Kier molecular flexibility index (Phi) is 5.88. The summed E-state index contributed by atoms with van der Waals surface area (Å²) in [4.78, 5) is 5.30. The highest BCUT2D eigenvalue weighted by atomic mass is 32.1. The Labute approximate surface area is 112 Å². The van der Waals surface area contributed by atoms with Crippen LogP contribution >= 0.6 is 11.3 Å². The molecule has 0 aliphatic heterocycles. The maximum absolute atomic E-state index is 10.3. The zero-order valence-electron chi connectivity index (χ0n) is 10.9. The average Bonchev–Trinajstić information content (AvgIpc) is 2.87. The number of hydrogen-bond acceptors (Lipinski definition) is 3. The SMILES string of the molecule is C=CCNC(=NCC(C)(O)c1cccs1)NCC. The van der Waals surface area contributed by atoms with Crippen molar-refractivity contribution in [2.75, 3.05) is 19.6 Å². The highest BCUT2D eigenvalue weighted by Gasteiger charge is 2.23. The first kappa shape index (κ1) is 14.7. The van der Waals surface area contributed by atoms with Crippen LogP contribution < -0.4 is 10.6 Å². The highest BCUT2D eigenvalue weighted by molar-refractivity contribution is 7.10. The largest absolute Gasteiger partial charge is 0.383 e. The van der Waals surface area contributed by atoms with E-state index in [-0.39, 0.29) is 0 Å². The predicted octanol–water partition coefficient (Wildman–Crippen LogP) is 1.70. The Hall–Kier alpha value is -1.33. The number of guanidine groups is 1. The van der Waals surface area contributed by atoms with Gasteiger partial charge in [-0.15, -0.1) is 17.9 Å². The summed E-state index contributed by atoms with van der Waals surface area (Å²) >= 11 is 1.54. The van der Waals surface area contributed by atoms with Gasteiger partial charge < -0.3 is 15.7 Å². The minimum absolute atomic E-state index is 0.319. The Bertz CT molecular complexity index is 385. The fourth-order valence-electron chi connectivity index (χ4n) is 1.41. The molecular weight excluding hydrogens is 246 g/mol. The molecule has 0 spiro atoms. The number of hydrogen-bond donors (Lipinski definition) is 3. The summed E-state index contributed by atoms with van der Waals surface area (Å²) in [5.74, 6) is 0.689. The summed E-state index contributed by atoms with van der Waals surface area (Å²) in [6, 6.07) is 3.85. The van der Waals surface area contributed by atoms with Gasteiger partial charge in [-0.2, -0.15) is 0 Å². The van der Waals surface area contributed by atoms with Crippen LogP contribution in [0.15, 0.2) is 35.2 Å². The van der Waals surface area contributed by atoms with Gasteiger partial charge in [0.05, 0.1) is 6.54 Å². The molecule has 1 unspecified atom stereocenters. The van der Waals surface area contributed by atoms with Gasteiger partial charge in [0, 0.05) is 18.0 Å². The van der Waals surface area contributed by atoms with Gasteiger partial charge in [0.2, 0.25) is 0 Å². The van der Waals surface area contributed by atoms with Gasteiger partial charge in [-0.3, -0.25) is 0 Å². The molecule has 0 saturated carbocycles. The third kappa shape index (κ3) is 4.50. The molecule has 3 N–H and O–H groups in total. The van der Waals surface area contributed by atoms with Crippen molar-refractivity contribution in [3.63, 3.8) is 0 Å². The zero-order chi connectivity index (χ0) is 13.4. The molecule has 1 rings (SSSR count). The number of nitrogens with one attached hydrogen (secondary N) is 2. The van der Waals surface area contributed by atoms with Crippen molar-refractivity contribution in [1.82, 2.24) is 10.6 Å². The maximum atomic E-state index is 10.3. The summed E-state index contributed by atoms with van der Waals surface area (Å²) in [6.07, 6.45) is 1.77. The van der Waals surface area contributed by atoms with Crippen LogP contribution in [0, 0.1) is 0 Å². The summed E-state index contributed by atoms with van der Waals surface area (Å²) in [5.41, 5.74) is -0.926. The van der Waals surface area contributed by atoms with Gasteiger partial charge in [0.25, 0.3) is 0 Å². The van der Waals surface area contributed by atoms with Crippen molar-refractivity contribution in [3.05, 3.63) is 35.0 Å². The number of nitrogens with zero attached hydrogens (tertiary/aromatic N) is 1. The standard InChI is InChI=1S/C13H21N3OS/c1-4-8-15-12(14-5-2)16-10-13(3,17)11-7-6-9-18-11/h4,6-7,9,17H,1,5,8,10H2,2-3H3,(H2,14,15,16). The second-order valence-electron chi connectivity index (χ2n) is 4.12. The van der Waals surface area contributed by atoms with Crippen LogP contribution in [0.1, 0.15) is 18.7 Å². The van der Waals surface area contributed by atoms with E-state index < -0.39 is 5.60 Å². The van der Waals surface area contributed by atoms with E-state index in [1.807, 2.05) is 24.4 Å². The third-order valence-corrected chi connectivity index (χ3v) is 3.48. The molecule has 1 atom stereocenters. The molecule has 0 aliphatic rings. The molecule has 1 heterocycles. The summed E-state index contributed by atoms with van der Waals surface area (Å²) in [7, 11) is 0. The molecule has 0 amide bonds. The number of aliphatic hydroxyl groups is 1. The lowest BCUT2D eigenvalue weighted by Crippen LogP contribution is -2.38. The fraction of sp³-hybridized carbons (Fsp3) is 0.462. The highest BCUT2D eigenvalue weighted by Crippen LogP contribution is 2.25. The zero-order valence-corrected chi connectivity index (χ0v) is 11.8. The lowest BCUT2D eigenvalue weighted by Gasteiger charge is -2.20. The van der Waals surface area contributed by atoms with Gasteiger partial charge in [-0.1, -0.05) is 12.1 Å². The molecule has 0 saturated heterocycles. The van der Waals surface area contributed by atoms with E-state index in [0.717, 1.165) is 11.4 Å². The summed E-state index contributed by atoms with van der Waals surface area (Å²) < 4.78 is 0. The predicted molar refractivity (Wildman–Crippen MR) is 78.1 cm³/mol. The Morgan fingerprint density at radius 1 is 1.61 bits per heavy atom. The Balaban J connectivity index is 2.65. The molecule has 4 nitrogen and oxygen atoms in total. The van der Waals surface area contributed by atoms with Crippen LogP contribution in [0.3, 0.4) is 0 Å². The molecule has 1 aromatic rings. The van der Waals surface area contributed by atoms with Crippen LogP contribution in [0.4, 0.5) is 0 Å². The van der Waals surface area contributed by atoms with Crippen molar-refractivity contribution in [3.8, 4) is 0 Å². The number of rotatable bonds is 6. The molecule has 18 heavy (non-hydrogen) atoms. The van der Waals surface area contributed by atoms with Crippen LogP contribution in [-0.2, 0) is 5.60 Å². The Morgan fingerprint density at radius 2 is 2.39 bits per heavy atom. The van der Waals surface area contributed by atoms with E-state index in [0.29, 0.717) is 19.0 Å². The van der Waals surface area contributed by atoms with Crippen molar-refractivity contribution in [2.45, 2.75) is 19.4 Å². The first-order chi connectivity index (χ1) is 8.60. The van der Waals surface area contributed by atoms with Crippen LogP contribution in [0.5, 0.6) is 0 Å². The van der Waals surface area contributed by atoms with Gasteiger partial charge in [0.1, 0.15) is 5.60 Å². The summed E-state index contributed by atoms with van der Waals surface area (Å²) in [5, 5.41) is 18.5. The normalized spacial score (nSPS) is 14.9. The summed E-state index contributed by atoms with van der Waals surface area (Å²) in [6.45, 7) is 9.18. The molecular formula is C13H21N3OS. The van der Waals surface area contributed by atoms with Crippen molar-refractivity contribution in [1.29, 1.82) is 0 Å². The quantitative estimate of drug-likeness (QED) is 0.418. The van der Waals surface area contributed by atoms with Crippen molar-refractivity contribution >= 4 is 17.3 Å². The van der Waals surface area contributed by atoms with Crippen LogP contribution in [-0.4, -0.2) is 30.7 Å². The topological polar surface area (TPSA) is 56.7 Å². The lowest BCUT2D eigenvalue weighted by molar-refractivity contribution is 0.0711. The van der Waals surface area contributed by atoms with E-state index in [1.54, 1.807) is 13.0 Å². The van der Waals surface area contributed by atoms with E-state index in [2.05, 4.69) is 22.2 Å². The van der Waals surface area contributed by atoms with Crippen LogP contribution in [0.2, 0.25) is 0 Å². The smallest absolute Gasteiger partial charge is 0.191 e. The fourth-order valence-corrected chi connectivity index (χ4v) is 2.19. The minimum Gasteiger partial charge on any atom is -0.383 e. The van der Waals surface area contributed by atoms with E-state index in [1.165, 1.54) is 11.3 Å². The third-order valence-electron chi connectivity index (χ3n) is 2.36. The molecule has 100 valence electrons. The van der Waals surface area contributed by atoms with Crippen molar-refractivity contribution in [2.24, 2.45) is 4.99 Å². The average molecular weight is 267 g/mol. The molecule has 0 fully saturated rings. The number of thiophene rings is 1. The molecule has 1 aromatic heterocycles. The first-order valence-electron chi connectivity index (χ1n) is 5.99. The Morgan fingerprint density at radius 3 is 2.94 bits per heavy atom. The second-order valence-corrected chi connectivity index (χ2v) is 5.06. The molecule has 0 aliphatic carbocycles. The molecule has 0 aromatic carbocycles. The molecule has 0 radical (unpaired) electrons. The monoisotopic (exact) mass is 267 g/mol. The first-order valence-corrected chi connectivity index (χ1v) is 6.87. The van der Waals surface area contributed by atoms with Gasteiger partial charge >= 0.3 is 0 Å². The van der Waals surface area contributed by atoms with Gasteiger partial charge in [-0.05, 0) is 25.3 Å². The van der Waals surface area contributed by atoms with E-state index >= 15 is 0 Å². The van der Waals surface area contributed by atoms with Crippen molar-refractivity contribution < 1.29 is 5.11 Å². The molecule has 5 heteroatoms.